The SMILES string of the molecule is COC(=O)c1noc(C)c1COc1ccc(-n2cc(C#N)c(N)c2C(=O)OC)cc1Cl. The van der Waals surface area contributed by atoms with Crippen molar-refractivity contribution >= 4 is 29.2 Å². The Hall–Kier alpha value is -3.97. The quantitative estimate of drug-likeness (QED) is 0.567. The molecule has 0 atom stereocenters. The van der Waals surface area contributed by atoms with Crippen molar-refractivity contribution in [2.75, 3.05) is 20.0 Å². The van der Waals surface area contributed by atoms with E-state index in [0.717, 1.165) is 0 Å². The molecule has 2 aromatic heterocycles. The van der Waals surface area contributed by atoms with Gasteiger partial charge in [-0.15, -0.1) is 0 Å². The van der Waals surface area contributed by atoms with E-state index < -0.39 is 11.9 Å². The van der Waals surface area contributed by atoms with Gasteiger partial charge in [0.25, 0.3) is 0 Å². The monoisotopic (exact) mass is 444 g/mol. The van der Waals surface area contributed by atoms with Gasteiger partial charge in [0.15, 0.2) is 11.4 Å². The third-order valence-electron chi connectivity index (χ3n) is 4.47. The summed E-state index contributed by atoms with van der Waals surface area (Å²) in [4.78, 5) is 23.9. The number of nitrogens with zero attached hydrogens (tertiary/aromatic N) is 3. The molecule has 2 N–H and O–H groups in total. The van der Waals surface area contributed by atoms with Gasteiger partial charge in [-0.25, -0.2) is 9.59 Å². The molecule has 0 fully saturated rings. The van der Waals surface area contributed by atoms with Gasteiger partial charge in [-0.2, -0.15) is 5.26 Å². The summed E-state index contributed by atoms with van der Waals surface area (Å²) >= 11 is 6.35. The minimum atomic E-state index is -0.700. The van der Waals surface area contributed by atoms with E-state index in [-0.39, 0.29) is 34.3 Å². The second-order valence-corrected chi connectivity index (χ2v) is 6.65. The molecule has 10 nitrogen and oxygen atoms in total. The molecule has 0 aliphatic heterocycles. The summed E-state index contributed by atoms with van der Waals surface area (Å²) in [7, 11) is 2.45. The lowest BCUT2D eigenvalue weighted by Gasteiger charge is -2.12. The number of hydrogen-bond donors (Lipinski definition) is 1. The number of halogens is 1. The van der Waals surface area contributed by atoms with Crippen LogP contribution in [0.25, 0.3) is 5.69 Å². The maximum absolute atomic E-state index is 12.1. The van der Waals surface area contributed by atoms with Crippen LogP contribution in [0.2, 0.25) is 5.02 Å². The highest BCUT2D eigenvalue weighted by atomic mass is 35.5. The molecular formula is C20H17ClN4O6. The maximum atomic E-state index is 12.1. The van der Waals surface area contributed by atoms with Gasteiger partial charge in [0.2, 0.25) is 0 Å². The highest BCUT2D eigenvalue weighted by molar-refractivity contribution is 6.32. The second kappa shape index (κ2) is 8.81. The summed E-state index contributed by atoms with van der Waals surface area (Å²) in [6, 6.07) is 6.65. The van der Waals surface area contributed by atoms with Crippen LogP contribution in [-0.2, 0) is 16.1 Å². The zero-order valence-electron chi connectivity index (χ0n) is 16.8. The average Bonchev–Trinajstić information content (AvgIpc) is 3.31. The molecule has 31 heavy (non-hydrogen) atoms. The van der Waals surface area contributed by atoms with Crippen LogP contribution < -0.4 is 10.5 Å². The van der Waals surface area contributed by atoms with Gasteiger partial charge in [-0.3, -0.25) is 0 Å². The van der Waals surface area contributed by atoms with Gasteiger partial charge in [0, 0.05) is 11.9 Å². The van der Waals surface area contributed by atoms with Crippen molar-refractivity contribution < 1.29 is 28.3 Å². The minimum absolute atomic E-state index is 0.00377. The van der Waals surface area contributed by atoms with Gasteiger partial charge < -0.3 is 29.0 Å². The van der Waals surface area contributed by atoms with Crippen LogP contribution in [0.4, 0.5) is 5.69 Å². The number of carbonyl (C=O) groups is 2. The van der Waals surface area contributed by atoms with E-state index in [1.54, 1.807) is 19.1 Å². The molecular weight excluding hydrogens is 428 g/mol. The maximum Gasteiger partial charge on any atom is 0.360 e. The summed E-state index contributed by atoms with van der Waals surface area (Å²) in [5, 5.41) is 13.1. The number of ether oxygens (including phenoxy) is 3. The summed E-state index contributed by atoms with van der Waals surface area (Å²) in [5.41, 5.74) is 6.94. The second-order valence-electron chi connectivity index (χ2n) is 6.24. The zero-order chi connectivity index (χ0) is 22.7. The van der Waals surface area contributed by atoms with Gasteiger partial charge in [-0.1, -0.05) is 16.8 Å². The van der Waals surface area contributed by atoms with E-state index in [1.807, 2.05) is 6.07 Å². The van der Waals surface area contributed by atoms with Crippen molar-refractivity contribution in [2.24, 2.45) is 0 Å². The Morgan fingerprint density at radius 3 is 2.61 bits per heavy atom. The summed E-state index contributed by atoms with van der Waals surface area (Å²) in [6.45, 7) is 1.60. The number of esters is 2. The van der Waals surface area contributed by atoms with Gasteiger partial charge in [-0.05, 0) is 25.1 Å². The Balaban J connectivity index is 1.91. The topological polar surface area (TPSA) is 143 Å². The van der Waals surface area contributed by atoms with E-state index >= 15 is 0 Å². The van der Waals surface area contributed by atoms with Gasteiger partial charge in [0.05, 0.1) is 36.1 Å². The molecule has 11 heteroatoms. The predicted octanol–water partition coefficient (Wildman–Crippen LogP) is 3.03. The van der Waals surface area contributed by atoms with Crippen LogP contribution >= 0.6 is 11.6 Å². The molecule has 0 bridgehead atoms. The number of methoxy groups -OCH3 is 2. The van der Waals surface area contributed by atoms with Crippen molar-refractivity contribution in [1.82, 2.24) is 9.72 Å². The van der Waals surface area contributed by atoms with Crippen LogP contribution in [-0.4, -0.2) is 35.9 Å². The van der Waals surface area contributed by atoms with Crippen LogP contribution in [0.3, 0.4) is 0 Å². The smallest absolute Gasteiger partial charge is 0.360 e. The highest BCUT2D eigenvalue weighted by Gasteiger charge is 2.23. The molecule has 3 aromatic rings. The van der Waals surface area contributed by atoms with Gasteiger partial charge >= 0.3 is 11.9 Å². The number of anilines is 1. The van der Waals surface area contributed by atoms with Crippen molar-refractivity contribution in [3.05, 3.63) is 57.7 Å². The Labute approximate surface area is 181 Å². The van der Waals surface area contributed by atoms with E-state index in [4.69, 9.17) is 31.3 Å². The number of aromatic nitrogens is 2. The Morgan fingerprint density at radius 2 is 2.00 bits per heavy atom. The fourth-order valence-electron chi connectivity index (χ4n) is 2.84. The van der Waals surface area contributed by atoms with Crippen molar-refractivity contribution in [3.8, 4) is 17.5 Å². The normalized spacial score (nSPS) is 10.4. The summed E-state index contributed by atoms with van der Waals surface area (Å²) < 4.78 is 21.6. The van der Waals surface area contributed by atoms with E-state index in [1.165, 1.54) is 31.0 Å². The molecule has 1 aromatic carbocycles. The average molecular weight is 445 g/mol. The van der Waals surface area contributed by atoms with Crippen LogP contribution in [0.5, 0.6) is 5.75 Å². The number of benzene rings is 1. The predicted molar refractivity (Wildman–Crippen MR) is 108 cm³/mol. The molecule has 0 saturated carbocycles. The Kier molecular flexibility index (Phi) is 6.17. The fraction of sp³-hybridized carbons (Fsp3) is 0.200. The fourth-order valence-corrected chi connectivity index (χ4v) is 3.07. The molecule has 2 heterocycles. The highest BCUT2D eigenvalue weighted by Crippen LogP contribution is 2.31. The van der Waals surface area contributed by atoms with Crippen molar-refractivity contribution in [2.45, 2.75) is 13.5 Å². The zero-order valence-corrected chi connectivity index (χ0v) is 17.5. The third kappa shape index (κ3) is 4.04. The first-order chi connectivity index (χ1) is 14.8. The molecule has 0 aliphatic rings. The number of nitrogens with two attached hydrogens (primary N) is 1. The van der Waals surface area contributed by atoms with E-state index in [9.17, 15) is 14.9 Å². The summed E-state index contributed by atoms with van der Waals surface area (Å²) in [6.07, 6.45) is 1.41. The standard InChI is InChI=1S/C20H17ClN4O6/c1-10-13(17(24-31-10)19(26)28-2)9-30-15-5-4-12(6-14(15)21)25-8-11(7-22)16(23)18(25)20(27)29-3/h4-6,8H,9,23H2,1-3H3. The van der Waals surface area contributed by atoms with Crippen molar-refractivity contribution in [1.29, 1.82) is 5.26 Å². The Morgan fingerprint density at radius 1 is 1.29 bits per heavy atom. The molecule has 3 rings (SSSR count). The first kappa shape index (κ1) is 21.7. The molecule has 0 unspecified atom stereocenters. The molecule has 0 saturated heterocycles. The molecule has 160 valence electrons. The largest absolute Gasteiger partial charge is 0.487 e. The number of hydrogen-bond acceptors (Lipinski definition) is 9. The van der Waals surface area contributed by atoms with E-state index in [2.05, 4.69) is 9.89 Å². The van der Waals surface area contributed by atoms with Crippen molar-refractivity contribution in [3.63, 3.8) is 0 Å². The van der Waals surface area contributed by atoms with Crippen LogP contribution in [0, 0.1) is 18.3 Å². The molecule has 0 aliphatic carbocycles. The minimum Gasteiger partial charge on any atom is -0.487 e. The first-order valence-corrected chi connectivity index (χ1v) is 9.15. The molecule has 0 radical (unpaired) electrons. The number of carbonyl (C=O) groups excluding carboxylic acids is 2. The van der Waals surface area contributed by atoms with Crippen LogP contribution in [0.15, 0.2) is 28.9 Å². The number of nitrogen functional groups attached to an aromatic ring is 1. The number of rotatable bonds is 6. The number of aryl methyl sites for hydroxylation is 1. The third-order valence-corrected chi connectivity index (χ3v) is 4.77. The van der Waals surface area contributed by atoms with Gasteiger partial charge in [0.1, 0.15) is 24.2 Å². The lowest BCUT2D eigenvalue weighted by atomic mass is 10.2. The number of nitriles is 1. The summed E-state index contributed by atoms with van der Waals surface area (Å²) in [5.74, 6) is -0.635. The van der Waals surface area contributed by atoms with Crippen LogP contribution in [0.1, 0.15) is 37.9 Å². The molecule has 0 spiro atoms. The lowest BCUT2D eigenvalue weighted by molar-refractivity contribution is 0.0580. The van der Waals surface area contributed by atoms with E-state index in [0.29, 0.717) is 22.8 Å². The first-order valence-electron chi connectivity index (χ1n) is 8.77. The lowest BCUT2D eigenvalue weighted by Crippen LogP contribution is -2.11. The molecule has 0 amide bonds. The Bertz CT molecular complexity index is 1210.